The van der Waals surface area contributed by atoms with Crippen molar-refractivity contribution < 1.29 is 0 Å². The minimum Gasteiger partial charge on any atom is -0.328 e. The van der Waals surface area contributed by atoms with Gasteiger partial charge in [0, 0.05) is 10.9 Å². The van der Waals surface area contributed by atoms with Crippen molar-refractivity contribution in [3.8, 4) is 0 Å². The van der Waals surface area contributed by atoms with E-state index in [-0.39, 0.29) is 18.4 Å². The van der Waals surface area contributed by atoms with E-state index in [1.165, 1.54) is 10.5 Å². The summed E-state index contributed by atoms with van der Waals surface area (Å²) in [6.07, 6.45) is 3.05. The smallest absolute Gasteiger partial charge is 0.00718 e. The van der Waals surface area contributed by atoms with Crippen molar-refractivity contribution in [3.05, 3.63) is 29.8 Å². The second-order valence-corrected chi connectivity index (χ2v) is 3.91. The molecule has 0 saturated heterocycles. The van der Waals surface area contributed by atoms with Crippen LogP contribution in [0.4, 0.5) is 0 Å². The summed E-state index contributed by atoms with van der Waals surface area (Å²) >= 11 is 1.77. The van der Waals surface area contributed by atoms with Crippen molar-refractivity contribution in [1.82, 2.24) is 0 Å². The summed E-state index contributed by atoms with van der Waals surface area (Å²) in [5, 5.41) is 0. The third kappa shape index (κ3) is 4.55. The minimum atomic E-state index is 0. The topological polar surface area (TPSA) is 26.0 Å². The van der Waals surface area contributed by atoms with Gasteiger partial charge in [-0.25, -0.2) is 0 Å². The molecule has 0 fully saturated rings. The van der Waals surface area contributed by atoms with Crippen LogP contribution in [0.2, 0.25) is 0 Å². The first-order valence-corrected chi connectivity index (χ1v) is 5.33. The lowest BCUT2D eigenvalue weighted by molar-refractivity contribution is 0.737. The van der Waals surface area contributed by atoms with Crippen molar-refractivity contribution in [2.24, 2.45) is 5.73 Å². The molecule has 0 aromatic heterocycles. The molecular formula is C10H16ClNS. The van der Waals surface area contributed by atoms with Crippen LogP contribution in [-0.4, -0.2) is 12.3 Å². The summed E-state index contributed by atoms with van der Waals surface area (Å²) in [6, 6.07) is 8.79. The highest BCUT2D eigenvalue weighted by Gasteiger charge is 1.97. The molecule has 1 aromatic rings. The van der Waals surface area contributed by atoms with Crippen LogP contribution in [0.5, 0.6) is 0 Å². The quantitative estimate of drug-likeness (QED) is 0.788. The summed E-state index contributed by atoms with van der Waals surface area (Å²) in [5.41, 5.74) is 7.04. The van der Waals surface area contributed by atoms with E-state index < -0.39 is 0 Å². The molecule has 0 spiro atoms. The predicted octanol–water partition coefficient (Wildman–Crippen LogP) is 2.72. The summed E-state index contributed by atoms with van der Waals surface area (Å²) in [4.78, 5) is 1.31. The van der Waals surface area contributed by atoms with Gasteiger partial charge in [-0.1, -0.05) is 12.1 Å². The zero-order valence-electron chi connectivity index (χ0n) is 7.99. The highest BCUT2D eigenvalue weighted by atomic mass is 35.5. The SMILES string of the molecule is CSc1cccc(CC(C)N)c1.Cl. The second kappa shape index (κ2) is 6.30. The van der Waals surface area contributed by atoms with E-state index >= 15 is 0 Å². The maximum Gasteiger partial charge on any atom is 0.00718 e. The molecule has 1 atom stereocenters. The second-order valence-electron chi connectivity index (χ2n) is 3.03. The Kier molecular flexibility index (Phi) is 6.21. The number of nitrogens with two attached hydrogens (primary N) is 1. The summed E-state index contributed by atoms with van der Waals surface area (Å²) in [7, 11) is 0. The van der Waals surface area contributed by atoms with Crippen molar-refractivity contribution >= 4 is 24.2 Å². The summed E-state index contributed by atoms with van der Waals surface area (Å²) < 4.78 is 0. The summed E-state index contributed by atoms with van der Waals surface area (Å²) in [5.74, 6) is 0. The number of halogens is 1. The predicted molar refractivity (Wildman–Crippen MR) is 62.8 cm³/mol. The third-order valence-electron chi connectivity index (χ3n) is 1.69. The number of hydrogen-bond donors (Lipinski definition) is 1. The largest absolute Gasteiger partial charge is 0.328 e. The molecule has 3 heteroatoms. The molecule has 0 aliphatic heterocycles. The van der Waals surface area contributed by atoms with Gasteiger partial charge in [-0.05, 0) is 37.3 Å². The fourth-order valence-electron chi connectivity index (χ4n) is 1.17. The molecule has 0 heterocycles. The lowest BCUT2D eigenvalue weighted by atomic mass is 10.1. The molecule has 1 aromatic carbocycles. The minimum absolute atomic E-state index is 0. The Labute approximate surface area is 90.5 Å². The molecule has 0 radical (unpaired) electrons. The van der Waals surface area contributed by atoms with Gasteiger partial charge in [-0.3, -0.25) is 0 Å². The van der Waals surface area contributed by atoms with E-state index in [9.17, 15) is 0 Å². The number of rotatable bonds is 3. The van der Waals surface area contributed by atoms with Gasteiger partial charge in [0.05, 0.1) is 0 Å². The molecule has 0 bridgehead atoms. The Morgan fingerprint density at radius 3 is 2.69 bits per heavy atom. The van der Waals surface area contributed by atoms with Crippen molar-refractivity contribution in [2.45, 2.75) is 24.3 Å². The average molecular weight is 218 g/mol. The molecule has 74 valence electrons. The highest BCUT2D eigenvalue weighted by Crippen LogP contribution is 2.16. The zero-order valence-corrected chi connectivity index (χ0v) is 9.62. The maximum atomic E-state index is 5.71. The molecule has 13 heavy (non-hydrogen) atoms. The van der Waals surface area contributed by atoms with E-state index in [1.54, 1.807) is 11.8 Å². The Bertz CT molecular complexity index is 250. The van der Waals surface area contributed by atoms with Crippen LogP contribution in [0.15, 0.2) is 29.2 Å². The van der Waals surface area contributed by atoms with Gasteiger partial charge >= 0.3 is 0 Å². The van der Waals surface area contributed by atoms with Crippen LogP contribution < -0.4 is 5.73 Å². The molecule has 0 saturated carbocycles. The monoisotopic (exact) mass is 217 g/mol. The standard InChI is InChI=1S/C10H15NS.ClH/c1-8(11)6-9-4-3-5-10(7-9)12-2;/h3-5,7-8H,6,11H2,1-2H3;1H. The van der Waals surface area contributed by atoms with Crippen LogP contribution >= 0.6 is 24.2 Å². The Morgan fingerprint density at radius 2 is 2.15 bits per heavy atom. The molecule has 0 aliphatic carbocycles. The fourth-order valence-corrected chi connectivity index (χ4v) is 1.66. The lowest BCUT2D eigenvalue weighted by Crippen LogP contribution is -2.17. The molecular weight excluding hydrogens is 202 g/mol. The average Bonchev–Trinajstić information content (AvgIpc) is 2.03. The Balaban J connectivity index is 0.00000144. The van der Waals surface area contributed by atoms with Gasteiger partial charge in [-0.15, -0.1) is 24.2 Å². The van der Waals surface area contributed by atoms with Crippen LogP contribution in [0.25, 0.3) is 0 Å². The van der Waals surface area contributed by atoms with E-state index in [0.717, 1.165) is 6.42 Å². The fraction of sp³-hybridized carbons (Fsp3) is 0.400. The maximum absolute atomic E-state index is 5.71. The first-order valence-electron chi connectivity index (χ1n) is 4.11. The third-order valence-corrected chi connectivity index (χ3v) is 2.42. The van der Waals surface area contributed by atoms with Crippen molar-refractivity contribution in [1.29, 1.82) is 0 Å². The summed E-state index contributed by atoms with van der Waals surface area (Å²) in [6.45, 7) is 2.03. The molecule has 0 aliphatic rings. The zero-order chi connectivity index (χ0) is 8.97. The molecule has 1 rings (SSSR count). The molecule has 0 amide bonds. The van der Waals surface area contributed by atoms with Crippen molar-refractivity contribution in [2.75, 3.05) is 6.26 Å². The van der Waals surface area contributed by atoms with Crippen LogP contribution in [0.3, 0.4) is 0 Å². The number of thioether (sulfide) groups is 1. The van der Waals surface area contributed by atoms with E-state index in [4.69, 9.17) is 5.73 Å². The van der Waals surface area contributed by atoms with E-state index in [0.29, 0.717) is 0 Å². The lowest BCUT2D eigenvalue weighted by Gasteiger charge is -2.05. The van der Waals surface area contributed by atoms with Gasteiger partial charge in [-0.2, -0.15) is 0 Å². The highest BCUT2D eigenvalue weighted by molar-refractivity contribution is 7.98. The number of benzene rings is 1. The van der Waals surface area contributed by atoms with E-state index in [2.05, 4.69) is 30.5 Å². The van der Waals surface area contributed by atoms with Gasteiger partial charge in [0.15, 0.2) is 0 Å². The number of hydrogen-bond acceptors (Lipinski definition) is 2. The van der Waals surface area contributed by atoms with Crippen molar-refractivity contribution in [3.63, 3.8) is 0 Å². The van der Waals surface area contributed by atoms with Crippen LogP contribution in [0, 0.1) is 0 Å². The normalized spacial score (nSPS) is 11.9. The van der Waals surface area contributed by atoms with Crippen LogP contribution in [-0.2, 0) is 6.42 Å². The first-order chi connectivity index (χ1) is 5.72. The van der Waals surface area contributed by atoms with Gasteiger partial charge in [0.2, 0.25) is 0 Å². The Hall–Kier alpha value is -0.180. The molecule has 2 N–H and O–H groups in total. The first kappa shape index (κ1) is 12.8. The van der Waals surface area contributed by atoms with E-state index in [1.807, 2.05) is 6.92 Å². The van der Waals surface area contributed by atoms with Gasteiger partial charge in [0.1, 0.15) is 0 Å². The van der Waals surface area contributed by atoms with Crippen LogP contribution in [0.1, 0.15) is 12.5 Å². The molecule has 1 unspecified atom stereocenters. The van der Waals surface area contributed by atoms with Gasteiger partial charge in [0.25, 0.3) is 0 Å². The Morgan fingerprint density at radius 1 is 1.46 bits per heavy atom. The van der Waals surface area contributed by atoms with Gasteiger partial charge < -0.3 is 5.73 Å². The molecule has 1 nitrogen and oxygen atoms in total.